The average Bonchev–Trinajstić information content (AvgIpc) is 2.58. The van der Waals surface area contributed by atoms with Gasteiger partial charge in [0, 0.05) is 18.2 Å². The van der Waals surface area contributed by atoms with Crippen molar-refractivity contribution in [3.63, 3.8) is 0 Å². The number of methoxy groups -OCH3 is 4. The minimum atomic E-state index is 0.573. The summed E-state index contributed by atoms with van der Waals surface area (Å²) in [6.07, 6.45) is 0. The van der Waals surface area contributed by atoms with Crippen LogP contribution >= 0.6 is 0 Å². The summed E-state index contributed by atoms with van der Waals surface area (Å²) in [4.78, 5) is 0. The summed E-state index contributed by atoms with van der Waals surface area (Å²) < 4.78 is 21.4. The molecule has 0 saturated heterocycles. The number of hydrogen-bond donors (Lipinski definition) is 1. The third-order valence-corrected chi connectivity index (χ3v) is 3.36. The Balaban J connectivity index is 2.23. The van der Waals surface area contributed by atoms with E-state index in [1.54, 1.807) is 28.4 Å². The van der Waals surface area contributed by atoms with Crippen LogP contribution in [-0.2, 0) is 6.54 Å². The number of para-hydroxylation sites is 1. The van der Waals surface area contributed by atoms with Gasteiger partial charge in [0.05, 0.1) is 34.1 Å². The molecular formula is C17H21NO4. The van der Waals surface area contributed by atoms with E-state index in [1.807, 2.05) is 36.4 Å². The van der Waals surface area contributed by atoms with E-state index >= 15 is 0 Å². The molecule has 0 aromatic heterocycles. The van der Waals surface area contributed by atoms with E-state index in [0.29, 0.717) is 12.3 Å². The predicted molar refractivity (Wildman–Crippen MR) is 86.4 cm³/mol. The Bertz CT molecular complexity index is 626. The van der Waals surface area contributed by atoms with Crippen LogP contribution in [0.1, 0.15) is 5.56 Å². The second-order valence-electron chi connectivity index (χ2n) is 4.57. The molecule has 0 aliphatic rings. The molecule has 118 valence electrons. The maximum absolute atomic E-state index is 5.44. The highest BCUT2D eigenvalue weighted by Crippen LogP contribution is 2.33. The summed E-state index contributed by atoms with van der Waals surface area (Å²) >= 11 is 0. The van der Waals surface area contributed by atoms with E-state index < -0.39 is 0 Å². The number of anilines is 1. The number of rotatable bonds is 7. The average molecular weight is 303 g/mol. The van der Waals surface area contributed by atoms with Crippen molar-refractivity contribution in [2.24, 2.45) is 0 Å². The van der Waals surface area contributed by atoms with E-state index in [0.717, 1.165) is 28.5 Å². The fourth-order valence-electron chi connectivity index (χ4n) is 2.24. The number of hydrogen-bond acceptors (Lipinski definition) is 5. The van der Waals surface area contributed by atoms with E-state index in [1.165, 1.54) is 0 Å². The van der Waals surface area contributed by atoms with Gasteiger partial charge in [-0.05, 0) is 18.2 Å². The lowest BCUT2D eigenvalue weighted by molar-refractivity contribution is 0.352. The first-order valence-electron chi connectivity index (χ1n) is 6.89. The lowest BCUT2D eigenvalue weighted by atomic mass is 10.1. The van der Waals surface area contributed by atoms with Gasteiger partial charge in [-0.25, -0.2) is 0 Å². The number of nitrogens with one attached hydrogen (secondary N) is 1. The van der Waals surface area contributed by atoms with E-state index in [-0.39, 0.29) is 0 Å². The summed E-state index contributed by atoms with van der Waals surface area (Å²) in [6.45, 7) is 0.573. The van der Waals surface area contributed by atoms with Crippen LogP contribution in [-0.4, -0.2) is 28.4 Å². The van der Waals surface area contributed by atoms with Crippen molar-refractivity contribution in [1.29, 1.82) is 0 Å². The monoisotopic (exact) mass is 303 g/mol. The maximum atomic E-state index is 5.44. The SMILES string of the molecule is COc1ccc(OC)c(NCc2cccc(OC)c2OC)c1. The van der Waals surface area contributed by atoms with Gasteiger partial charge < -0.3 is 24.3 Å². The summed E-state index contributed by atoms with van der Waals surface area (Å²) in [5, 5.41) is 3.34. The van der Waals surface area contributed by atoms with Gasteiger partial charge in [-0.3, -0.25) is 0 Å². The van der Waals surface area contributed by atoms with Crippen molar-refractivity contribution < 1.29 is 18.9 Å². The molecule has 0 bridgehead atoms. The van der Waals surface area contributed by atoms with Crippen LogP contribution in [0.5, 0.6) is 23.0 Å². The Morgan fingerprint density at radius 1 is 0.818 bits per heavy atom. The highest BCUT2D eigenvalue weighted by molar-refractivity contribution is 5.60. The van der Waals surface area contributed by atoms with Crippen molar-refractivity contribution in [3.8, 4) is 23.0 Å². The molecule has 0 amide bonds. The summed E-state index contributed by atoms with van der Waals surface area (Å²) in [5.74, 6) is 2.95. The highest BCUT2D eigenvalue weighted by atomic mass is 16.5. The molecule has 22 heavy (non-hydrogen) atoms. The zero-order valence-electron chi connectivity index (χ0n) is 13.3. The molecule has 0 spiro atoms. The maximum Gasteiger partial charge on any atom is 0.165 e. The van der Waals surface area contributed by atoms with Crippen LogP contribution in [0.3, 0.4) is 0 Å². The largest absolute Gasteiger partial charge is 0.497 e. The zero-order valence-corrected chi connectivity index (χ0v) is 13.3. The molecule has 1 N–H and O–H groups in total. The molecule has 2 rings (SSSR count). The second kappa shape index (κ2) is 7.45. The fourth-order valence-corrected chi connectivity index (χ4v) is 2.24. The normalized spacial score (nSPS) is 10.0. The first kappa shape index (κ1) is 15.8. The molecular weight excluding hydrogens is 282 g/mol. The molecule has 0 unspecified atom stereocenters. The molecule has 2 aromatic rings. The Kier molecular flexibility index (Phi) is 5.36. The molecule has 5 heteroatoms. The van der Waals surface area contributed by atoms with E-state index in [4.69, 9.17) is 18.9 Å². The van der Waals surface area contributed by atoms with Gasteiger partial charge in [0.1, 0.15) is 11.5 Å². The van der Waals surface area contributed by atoms with Gasteiger partial charge in [-0.2, -0.15) is 0 Å². The molecule has 0 aliphatic heterocycles. The minimum Gasteiger partial charge on any atom is -0.497 e. The number of benzene rings is 2. The molecule has 0 atom stereocenters. The lowest BCUT2D eigenvalue weighted by Crippen LogP contribution is -2.04. The molecule has 2 aromatic carbocycles. The second-order valence-corrected chi connectivity index (χ2v) is 4.57. The molecule has 0 aliphatic carbocycles. The topological polar surface area (TPSA) is 49.0 Å². The zero-order chi connectivity index (χ0) is 15.9. The fraction of sp³-hybridized carbons (Fsp3) is 0.294. The predicted octanol–water partition coefficient (Wildman–Crippen LogP) is 3.33. The molecule has 0 fully saturated rings. The number of ether oxygens (including phenoxy) is 4. The summed E-state index contributed by atoms with van der Waals surface area (Å²) in [5.41, 5.74) is 1.85. The first-order chi connectivity index (χ1) is 10.7. The summed E-state index contributed by atoms with van der Waals surface area (Å²) in [7, 11) is 6.53. The van der Waals surface area contributed by atoms with E-state index in [9.17, 15) is 0 Å². The van der Waals surface area contributed by atoms with Gasteiger partial charge in [-0.15, -0.1) is 0 Å². The van der Waals surface area contributed by atoms with Crippen molar-refractivity contribution >= 4 is 5.69 Å². The van der Waals surface area contributed by atoms with Crippen LogP contribution in [0.4, 0.5) is 5.69 Å². The van der Waals surface area contributed by atoms with Crippen LogP contribution in [0, 0.1) is 0 Å². The van der Waals surface area contributed by atoms with Crippen molar-refractivity contribution in [2.75, 3.05) is 33.8 Å². The quantitative estimate of drug-likeness (QED) is 0.850. The molecule has 5 nitrogen and oxygen atoms in total. The molecule has 0 radical (unpaired) electrons. The van der Waals surface area contributed by atoms with Gasteiger partial charge in [0.25, 0.3) is 0 Å². The van der Waals surface area contributed by atoms with E-state index in [2.05, 4.69) is 5.32 Å². The van der Waals surface area contributed by atoms with Gasteiger partial charge in [0.2, 0.25) is 0 Å². The standard InChI is InChI=1S/C17H21NO4/c1-19-13-8-9-15(20-2)14(10-13)18-11-12-6-5-7-16(21-3)17(12)22-4/h5-10,18H,11H2,1-4H3. The third kappa shape index (κ3) is 3.36. The molecule has 0 saturated carbocycles. The van der Waals surface area contributed by atoms with Crippen molar-refractivity contribution in [2.45, 2.75) is 6.54 Å². The Hall–Kier alpha value is -2.56. The Labute approximate surface area is 130 Å². The Morgan fingerprint density at radius 3 is 2.23 bits per heavy atom. The van der Waals surface area contributed by atoms with Crippen molar-refractivity contribution in [3.05, 3.63) is 42.0 Å². The van der Waals surface area contributed by atoms with Crippen LogP contribution in [0.25, 0.3) is 0 Å². The van der Waals surface area contributed by atoms with Crippen LogP contribution in [0.15, 0.2) is 36.4 Å². The lowest BCUT2D eigenvalue weighted by Gasteiger charge is -2.15. The van der Waals surface area contributed by atoms with Crippen LogP contribution < -0.4 is 24.3 Å². The smallest absolute Gasteiger partial charge is 0.165 e. The Morgan fingerprint density at radius 2 is 1.59 bits per heavy atom. The first-order valence-corrected chi connectivity index (χ1v) is 6.89. The molecule has 0 heterocycles. The van der Waals surface area contributed by atoms with Gasteiger partial charge >= 0.3 is 0 Å². The highest BCUT2D eigenvalue weighted by Gasteiger charge is 2.10. The van der Waals surface area contributed by atoms with Crippen LogP contribution in [0.2, 0.25) is 0 Å². The third-order valence-electron chi connectivity index (χ3n) is 3.36. The van der Waals surface area contributed by atoms with Crippen molar-refractivity contribution in [1.82, 2.24) is 0 Å². The summed E-state index contributed by atoms with van der Waals surface area (Å²) in [6, 6.07) is 11.4. The van der Waals surface area contributed by atoms with Gasteiger partial charge in [-0.1, -0.05) is 12.1 Å². The minimum absolute atomic E-state index is 0.573. The van der Waals surface area contributed by atoms with Gasteiger partial charge in [0.15, 0.2) is 11.5 Å².